The molecule has 1 aromatic heterocycles. The first-order chi connectivity index (χ1) is 14.4. The van der Waals surface area contributed by atoms with Crippen LogP contribution >= 0.6 is 11.8 Å². The number of methoxy groups -OCH3 is 1. The van der Waals surface area contributed by atoms with Gasteiger partial charge in [-0.15, -0.1) is 10.2 Å². The van der Waals surface area contributed by atoms with Crippen LogP contribution in [-0.4, -0.2) is 38.3 Å². The number of nitrogens with zero attached hydrogens (tertiary/aromatic N) is 4. The van der Waals surface area contributed by atoms with E-state index in [0.717, 1.165) is 0 Å². The molecule has 0 N–H and O–H groups in total. The lowest BCUT2D eigenvalue weighted by Crippen LogP contribution is -2.10. The molecule has 0 aliphatic carbocycles. The van der Waals surface area contributed by atoms with Crippen LogP contribution in [0.5, 0.6) is 11.5 Å². The van der Waals surface area contributed by atoms with Gasteiger partial charge in [0, 0.05) is 30.8 Å². The first-order valence-electron chi connectivity index (χ1n) is 8.99. The fraction of sp³-hybridized carbons (Fsp3) is 0.250. The number of Topliss-reactive ketones (excluding diaryl/α,β-unsaturated/α-hetero) is 1. The molecule has 0 saturated carbocycles. The Hall–Kier alpha value is -3.40. The van der Waals surface area contributed by atoms with Crippen molar-refractivity contribution in [3.63, 3.8) is 0 Å². The molecule has 0 saturated heterocycles. The summed E-state index contributed by atoms with van der Waals surface area (Å²) in [5, 5.41) is 19.7. The van der Waals surface area contributed by atoms with E-state index in [1.165, 1.54) is 30.0 Å². The molecule has 0 bridgehead atoms. The van der Waals surface area contributed by atoms with Gasteiger partial charge in [0.15, 0.2) is 22.9 Å². The second kappa shape index (κ2) is 9.40. The number of aromatic nitrogens is 3. The summed E-state index contributed by atoms with van der Waals surface area (Å²) in [5.74, 6) is 1.78. The van der Waals surface area contributed by atoms with Crippen LogP contribution in [0.15, 0.2) is 53.7 Å². The van der Waals surface area contributed by atoms with Gasteiger partial charge in [-0.3, -0.25) is 14.9 Å². The molecule has 0 aliphatic heterocycles. The first kappa shape index (κ1) is 21.3. The zero-order valence-corrected chi connectivity index (χ0v) is 17.5. The van der Waals surface area contributed by atoms with Crippen molar-refractivity contribution in [3.8, 4) is 11.5 Å². The van der Waals surface area contributed by atoms with Crippen LogP contribution in [0.2, 0.25) is 0 Å². The average Bonchev–Trinajstić information content (AvgIpc) is 3.12. The molecule has 1 unspecified atom stereocenters. The van der Waals surface area contributed by atoms with E-state index >= 15 is 0 Å². The Balaban J connectivity index is 1.65. The van der Waals surface area contributed by atoms with Gasteiger partial charge >= 0.3 is 0 Å². The highest BCUT2D eigenvalue weighted by atomic mass is 32.2. The minimum atomic E-state index is -0.525. The van der Waals surface area contributed by atoms with Crippen LogP contribution in [0.4, 0.5) is 5.69 Å². The lowest BCUT2D eigenvalue weighted by atomic mass is 10.1. The van der Waals surface area contributed by atoms with Crippen LogP contribution in [0.1, 0.15) is 29.2 Å². The maximum absolute atomic E-state index is 12.4. The number of rotatable bonds is 9. The number of hydrogen-bond donors (Lipinski definition) is 0. The van der Waals surface area contributed by atoms with E-state index in [4.69, 9.17) is 9.47 Å². The number of nitro groups is 1. The molecule has 3 rings (SSSR count). The van der Waals surface area contributed by atoms with Gasteiger partial charge in [0.05, 0.1) is 17.8 Å². The second-order valence-electron chi connectivity index (χ2n) is 6.36. The molecule has 2 aromatic carbocycles. The van der Waals surface area contributed by atoms with Crippen molar-refractivity contribution in [2.75, 3.05) is 12.9 Å². The van der Waals surface area contributed by atoms with Crippen molar-refractivity contribution in [1.82, 2.24) is 14.8 Å². The van der Waals surface area contributed by atoms with E-state index in [0.29, 0.717) is 22.5 Å². The quantitative estimate of drug-likeness (QED) is 0.219. The van der Waals surface area contributed by atoms with Crippen LogP contribution in [0.3, 0.4) is 0 Å². The molecule has 0 radical (unpaired) electrons. The molecule has 0 spiro atoms. The molecule has 0 fully saturated rings. The van der Waals surface area contributed by atoms with Crippen molar-refractivity contribution < 1.29 is 19.2 Å². The Morgan fingerprint density at radius 1 is 1.20 bits per heavy atom. The number of carbonyl (C=O) groups excluding carboxylic acids is 1. The number of ketones is 1. The van der Waals surface area contributed by atoms with Crippen molar-refractivity contribution in [1.29, 1.82) is 0 Å². The maximum atomic E-state index is 12.4. The molecule has 3 aromatic rings. The summed E-state index contributed by atoms with van der Waals surface area (Å²) in [6.07, 6.45) is -0.378. The number of ether oxygens (including phenoxy) is 2. The SMILES string of the molecule is COc1cccc(OC(C)c2nnc(SCC(=O)c3cccc([N+](=O)[O-])c3)n2C)c1. The van der Waals surface area contributed by atoms with E-state index in [1.807, 2.05) is 25.1 Å². The third-order valence-corrected chi connectivity index (χ3v) is 5.32. The van der Waals surface area contributed by atoms with Crippen molar-refractivity contribution in [2.45, 2.75) is 18.2 Å². The number of carbonyl (C=O) groups is 1. The van der Waals surface area contributed by atoms with Gasteiger partial charge in [0.2, 0.25) is 0 Å². The number of thioether (sulfide) groups is 1. The highest BCUT2D eigenvalue weighted by molar-refractivity contribution is 7.99. The van der Waals surface area contributed by atoms with Gasteiger partial charge in [-0.2, -0.15) is 0 Å². The Kier molecular flexibility index (Phi) is 6.68. The van der Waals surface area contributed by atoms with Gasteiger partial charge in [0.25, 0.3) is 5.69 Å². The van der Waals surface area contributed by atoms with Gasteiger partial charge in [0.1, 0.15) is 11.5 Å². The fourth-order valence-corrected chi connectivity index (χ4v) is 3.56. The van der Waals surface area contributed by atoms with Gasteiger partial charge in [-0.25, -0.2) is 0 Å². The number of non-ortho nitro benzene ring substituents is 1. The fourth-order valence-electron chi connectivity index (χ4n) is 2.74. The zero-order valence-electron chi connectivity index (χ0n) is 16.6. The molecule has 0 amide bonds. The van der Waals surface area contributed by atoms with Crippen LogP contribution < -0.4 is 9.47 Å². The van der Waals surface area contributed by atoms with E-state index < -0.39 is 4.92 Å². The summed E-state index contributed by atoms with van der Waals surface area (Å²) in [5.41, 5.74) is 0.170. The van der Waals surface area contributed by atoms with Crippen molar-refractivity contribution in [2.24, 2.45) is 7.05 Å². The number of benzene rings is 2. The van der Waals surface area contributed by atoms with E-state index in [2.05, 4.69) is 10.2 Å². The van der Waals surface area contributed by atoms with Crippen LogP contribution in [-0.2, 0) is 7.05 Å². The van der Waals surface area contributed by atoms with Gasteiger partial charge in [-0.1, -0.05) is 30.0 Å². The molecule has 9 nitrogen and oxygen atoms in total. The highest BCUT2D eigenvalue weighted by Gasteiger charge is 2.19. The molecule has 1 heterocycles. The topological polar surface area (TPSA) is 109 Å². The molecule has 30 heavy (non-hydrogen) atoms. The average molecular weight is 428 g/mol. The van der Waals surface area contributed by atoms with Gasteiger partial charge in [-0.05, 0) is 19.1 Å². The Bertz CT molecular complexity index is 1070. The normalized spacial score (nSPS) is 11.7. The molecule has 1 atom stereocenters. The number of hydrogen-bond acceptors (Lipinski definition) is 8. The number of nitro benzene ring substituents is 1. The van der Waals surface area contributed by atoms with Gasteiger partial charge < -0.3 is 14.0 Å². The minimum absolute atomic E-state index is 0.0816. The minimum Gasteiger partial charge on any atom is -0.497 e. The third kappa shape index (κ3) is 4.95. The van der Waals surface area contributed by atoms with Crippen LogP contribution in [0.25, 0.3) is 0 Å². The van der Waals surface area contributed by atoms with Crippen molar-refractivity contribution >= 4 is 23.2 Å². The zero-order chi connectivity index (χ0) is 21.7. The predicted molar refractivity (Wildman–Crippen MR) is 111 cm³/mol. The lowest BCUT2D eigenvalue weighted by molar-refractivity contribution is -0.384. The standard InChI is InChI=1S/C20H20N4O5S/c1-13(29-17-9-5-8-16(11-17)28-3)19-21-22-20(23(19)2)30-12-18(25)14-6-4-7-15(10-14)24(26)27/h4-11,13H,12H2,1-3H3. The smallest absolute Gasteiger partial charge is 0.270 e. The Morgan fingerprint density at radius 2 is 1.93 bits per heavy atom. The second-order valence-corrected chi connectivity index (χ2v) is 7.30. The predicted octanol–water partition coefficient (Wildman–Crippen LogP) is 3.85. The Labute approximate surface area is 177 Å². The molecular weight excluding hydrogens is 408 g/mol. The molecule has 156 valence electrons. The molecule has 0 aliphatic rings. The summed E-state index contributed by atoms with van der Waals surface area (Å²) in [6.45, 7) is 1.85. The third-order valence-electron chi connectivity index (χ3n) is 4.30. The summed E-state index contributed by atoms with van der Waals surface area (Å²) < 4.78 is 12.9. The lowest BCUT2D eigenvalue weighted by Gasteiger charge is -2.14. The first-order valence-corrected chi connectivity index (χ1v) is 9.98. The monoisotopic (exact) mass is 428 g/mol. The van der Waals surface area contributed by atoms with Crippen LogP contribution in [0, 0.1) is 10.1 Å². The summed E-state index contributed by atoms with van der Waals surface area (Å²) >= 11 is 1.21. The summed E-state index contributed by atoms with van der Waals surface area (Å²) in [4.78, 5) is 22.8. The molecule has 10 heteroatoms. The largest absolute Gasteiger partial charge is 0.497 e. The summed E-state index contributed by atoms with van der Waals surface area (Å²) in [6, 6.07) is 12.9. The van der Waals surface area contributed by atoms with Crippen molar-refractivity contribution in [3.05, 3.63) is 70.0 Å². The molecular formula is C20H20N4O5S. The summed E-state index contributed by atoms with van der Waals surface area (Å²) in [7, 11) is 3.38. The highest BCUT2D eigenvalue weighted by Crippen LogP contribution is 2.26. The maximum Gasteiger partial charge on any atom is 0.270 e. The Morgan fingerprint density at radius 3 is 2.67 bits per heavy atom. The van der Waals surface area contributed by atoms with E-state index in [9.17, 15) is 14.9 Å². The van der Waals surface area contributed by atoms with E-state index in [-0.39, 0.29) is 28.9 Å². The van der Waals surface area contributed by atoms with E-state index in [1.54, 1.807) is 30.9 Å².